The van der Waals surface area contributed by atoms with Crippen LogP contribution in [0.1, 0.15) is 11.3 Å². The van der Waals surface area contributed by atoms with E-state index in [1.807, 2.05) is 0 Å². The van der Waals surface area contributed by atoms with Crippen LogP contribution in [0.15, 0.2) is 41.3 Å². The minimum absolute atomic E-state index is 0.119. The molecular weight excluding hydrogens is 241 g/mol. The van der Waals surface area contributed by atoms with E-state index in [0.717, 1.165) is 0 Å². The van der Waals surface area contributed by atoms with Gasteiger partial charge in [0, 0.05) is 23.5 Å². The van der Waals surface area contributed by atoms with Gasteiger partial charge in [-0.05, 0) is 19.1 Å². The van der Waals surface area contributed by atoms with Crippen molar-refractivity contribution < 1.29 is 4.39 Å². The molecule has 0 saturated carbocycles. The molecule has 17 heavy (non-hydrogen) atoms. The van der Waals surface area contributed by atoms with E-state index in [-0.39, 0.29) is 17.1 Å². The van der Waals surface area contributed by atoms with E-state index in [4.69, 9.17) is 11.6 Å². The van der Waals surface area contributed by atoms with E-state index in [9.17, 15) is 9.18 Å². The normalized spacial score (nSPS) is 10.5. The maximum absolute atomic E-state index is 13.7. The summed E-state index contributed by atoms with van der Waals surface area (Å²) in [6.45, 7) is 1.76. The summed E-state index contributed by atoms with van der Waals surface area (Å²) in [4.78, 5) is 11.5. The molecule has 0 N–H and O–H groups in total. The summed E-state index contributed by atoms with van der Waals surface area (Å²) in [5, 5.41) is 0. The predicted molar refractivity (Wildman–Crippen MR) is 66.3 cm³/mol. The first kappa shape index (κ1) is 11.9. The molecule has 2 aromatic rings. The topological polar surface area (TPSA) is 22.0 Å². The highest BCUT2D eigenvalue weighted by Gasteiger charge is 2.07. The maximum Gasteiger partial charge on any atom is 0.186 e. The van der Waals surface area contributed by atoms with Gasteiger partial charge in [-0.15, -0.1) is 11.6 Å². The number of alkyl halides is 1. The number of nitrogens with zero attached hydrogens (tertiary/aromatic N) is 1. The van der Waals surface area contributed by atoms with Crippen LogP contribution >= 0.6 is 11.6 Å². The fourth-order valence-electron chi connectivity index (χ4n) is 1.68. The van der Waals surface area contributed by atoms with Crippen LogP contribution in [-0.4, -0.2) is 4.57 Å². The first-order valence-electron chi connectivity index (χ1n) is 5.16. The Morgan fingerprint density at radius 1 is 1.35 bits per heavy atom. The standard InChI is InChI=1S/C13H11ClFNO/c1-9-6-13(17)10(7-14)8-16(9)12-5-3-2-4-11(12)15/h2-6,8H,7H2,1H3. The first-order chi connectivity index (χ1) is 8.13. The van der Waals surface area contributed by atoms with Gasteiger partial charge in [-0.3, -0.25) is 4.79 Å². The quantitative estimate of drug-likeness (QED) is 0.752. The van der Waals surface area contributed by atoms with Crippen molar-refractivity contribution in [3.63, 3.8) is 0 Å². The zero-order valence-corrected chi connectivity index (χ0v) is 10.0. The van der Waals surface area contributed by atoms with Crippen molar-refractivity contribution in [3.8, 4) is 5.69 Å². The lowest BCUT2D eigenvalue weighted by Crippen LogP contribution is -2.13. The number of aromatic nitrogens is 1. The largest absolute Gasteiger partial charge is 0.318 e. The Hall–Kier alpha value is -1.61. The molecule has 2 rings (SSSR count). The van der Waals surface area contributed by atoms with E-state index in [2.05, 4.69) is 0 Å². The Balaban J connectivity index is 2.68. The maximum atomic E-state index is 13.7. The molecule has 88 valence electrons. The van der Waals surface area contributed by atoms with Crippen molar-refractivity contribution in [2.24, 2.45) is 0 Å². The van der Waals surface area contributed by atoms with E-state index in [0.29, 0.717) is 16.9 Å². The summed E-state index contributed by atoms with van der Waals surface area (Å²) in [5.74, 6) is -0.215. The van der Waals surface area contributed by atoms with Crippen molar-refractivity contribution in [2.75, 3.05) is 0 Å². The molecule has 0 radical (unpaired) electrons. The van der Waals surface area contributed by atoms with Gasteiger partial charge in [-0.2, -0.15) is 0 Å². The Labute approximate surface area is 103 Å². The summed E-state index contributed by atoms with van der Waals surface area (Å²) >= 11 is 5.68. The first-order valence-corrected chi connectivity index (χ1v) is 5.70. The fraction of sp³-hybridized carbons (Fsp3) is 0.154. The lowest BCUT2D eigenvalue weighted by molar-refractivity contribution is 0.616. The van der Waals surface area contributed by atoms with Crippen LogP contribution < -0.4 is 5.43 Å². The minimum atomic E-state index is -0.334. The number of pyridine rings is 1. The van der Waals surface area contributed by atoms with E-state index >= 15 is 0 Å². The van der Waals surface area contributed by atoms with Crippen molar-refractivity contribution >= 4 is 11.6 Å². The van der Waals surface area contributed by atoms with Crippen molar-refractivity contribution in [2.45, 2.75) is 12.8 Å². The molecule has 0 spiro atoms. The molecule has 0 saturated heterocycles. The summed E-state index contributed by atoms with van der Waals surface area (Å²) < 4.78 is 15.3. The van der Waals surface area contributed by atoms with Gasteiger partial charge in [0.25, 0.3) is 0 Å². The molecule has 4 heteroatoms. The number of rotatable bonds is 2. The van der Waals surface area contributed by atoms with Crippen LogP contribution in [0.3, 0.4) is 0 Å². The Morgan fingerprint density at radius 2 is 2.06 bits per heavy atom. The Bertz CT molecular complexity index is 607. The molecule has 1 aromatic heterocycles. The van der Waals surface area contributed by atoms with Crippen LogP contribution in [-0.2, 0) is 5.88 Å². The average Bonchev–Trinajstić information content (AvgIpc) is 2.31. The third kappa shape index (κ3) is 2.24. The average molecular weight is 252 g/mol. The molecule has 2 nitrogen and oxygen atoms in total. The zero-order valence-electron chi connectivity index (χ0n) is 9.28. The third-order valence-corrected chi connectivity index (χ3v) is 2.87. The molecule has 0 aliphatic rings. The minimum Gasteiger partial charge on any atom is -0.318 e. The Morgan fingerprint density at radius 3 is 2.71 bits per heavy atom. The van der Waals surface area contributed by atoms with Crippen LogP contribution in [0.25, 0.3) is 5.69 Å². The molecule has 0 unspecified atom stereocenters. The molecule has 0 aliphatic heterocycles. The van der Waals surface area contributed by atoms with Gasteiger partial charge in [0.15, 0.2) is 5.43 Å². The van der Waals surface area contributed by atoms with E-state index in [1.165, 1.54) is 12.1 Å². The van der Waals surface area contributed by atoms with E-state index in [1.54, 1.807) is 35.9 Å². The molecule has 1 heterocycles. The number of hydrogen-bond acceptors (Lipinski definition) is 1. The van der Waals surface area contributed by atoms with Crippen molar-refractivity contribution in [1.29, 1.82) is 0 Å². The number of aryl methyl sites for hydroxylation is 1. The highest BCUT2D eigenvalue weighted by atomic mass is 35.5. The smallest absolute Gasteiger partial charge is 0.186 e. The van der Waals surface area contributed by atoms with Crippen LogP contribution in [0, 0.1) is 12.7 Å². The third-order valence-electron chi connectivity index (χ3n) is 2.58. The molecule has 1 aromatic carbocycles. The summed E-state index contributed by atoms with van der Waals surface area (Å²) in [7, 11) is 0. The monoisotopic (exact) mass is 251 g/mol. The van der Waals surface area contributed by atoms with E-state index < -0.39 is 0 Å². The number of benzene rings is 1. The number of hydrogen-bond donors (Lipinski definition) is 0. The molecule has 0 bridgehead atoms. The second-order valence-corrected chi connectivity index (χ2v) is 4.03. The van der Waals surface area contributed by atoms with Crippen LogP contribution in [0.2, 0.25) is 0 Å². The molecule has 0 atom stereocenters. The summed E-state index contributed by atoms with van der Waals surface area (Å²) in [6.07, 6.45) is 1.59. The molecule has 0 amide bonds. The van der Waals surface area contributed by atoms with Gasteiger partial charge in [0.1, 0.15) is 5.82 Å². The lowest BCUT2D eigenvalue weighted by atomic mass is 10.2. The van der Waals surface area contributed by atoms with Crippen molar-refractivity contribution in [3.05, 3.63) is 63.8 Å². The second kappa shape index (κ2) is 4.72. The van der Waals surface area contributed by atoms with Gasteiger partial charge in [-0.25, -0.2) is 4.39 Å². The summed E-state index contributed by atoms with van der Waals surface area (Å²) in [6, 6.07) is 7.87. The van der Waals surface area contributed by atoms with Crippen LogP contribution in [0.5, 0.6) is 0 Å². The van der Waals surface area contributed by atoms with Gasteiger partial charge >= 0.3 is 0 Å². The Kier molecular flexibility index (Phi) is 3.29. The van der Waals surface area contributed by atoms with Crippen LogP contribution in [0.4, 0.5) is 4.39 Å². The fourth-order valence-corrected chi connectivity index (χ4v) is 1.88. The second-order valence-electron chi connectivity index (χ2n) is 3.76. The van der Waals surface area contributed by atoms with Gasteiger partial charge in [-0.1, -0.05) is 12.1 Å². The van der Waals surface area contributed by atoms with Gasteiger partial charge in [0.05, 0.1) is 11.6 Å². The SMILES string of the molecule is Cc1cc(=O)c(CCl)cn1-c1ccccc1F. The molecule has 0 fully saturated rings. The van der Waals surface area contributed by atoms with Gasteiger partial charge < -0.3 is 4.57 Å². The van der Waals surface area contributed by atoms with Gasteiger partial charge in [0.2, 0.25) is 0 Å². The summed E-state index contributed by atoms with van der Waals surface area (Å²) in [5.41, 5.74) is 1.43. The lowest BCUT2D eigenvalue weighted by Gasteiger charge is -2.12. The molecule has 0 aliphatic carbocycles. The predicted octanol–water partition coefficient (Wildman–Crippen LogP) is 3.02. The number of para-hydroxylation sites is 1. The highest BCUT2D eigenvalue weighted by molar-refractivity contribution is 6.17. The highest BCUT2D eigenvalue weighted by Crippen LogP contribution is 2.15. The molecular formula is C13H11ClFNO. The van der Waals surface area contributed by atoms with Crippen molar-refractivity contribution in [1.82, 2.24) is 4.57 Å². The zero-order chi connectivity index (χ0) is 12.4. The number of halogens is 2.